The predicted molar refractivity (Wildman–Crippen MR) is 97.0 cm³/mol. The van der Waals surface area contributed by atoms with Gasteiger partial charge >= 0.3 is 0 Å². The minimum atomic E-state index is -0.619. The Hall–Kier alpha value is -1.11. The van der Waals surface area contributed by atoms with E-state index in [0.29, 0.717) is 19.5 Å². The smallest absolute Gasteiger partial charge is 0.237 e. The maximum Gasteiger partial charge on any atom is 0.237 e. The molecule has 0 aliphatic carbocycles. The van der Waals surface area contributed by atoms with Crippen LogP contribution in [0.1, 0.15) is 27.2 Å². The number of hydrogen-bond acceptors (Lipinski definition) is 3. The van der Waals surface area contributed by atoms with E-state index in [4.69, 9.17) is 5.73 Å². The van der Waals surface area contributed by atoms with Crippen molar-refractivity contribution in [2.24, 2.45) is 11.1 Å². The standard InChI is InChI=1S/C16H23F2N3O.2ClH/c1-16(2,3)14(19)15(22)20-10-7-8-21(9-10)13-11(17)5-4-6-12(13)18;;/h4-6,10,14H,7-9,19H2,1-3H3,(H,20,22);2*1H/t10?,14-;;/m1../s1. The van der Waals surface area contributed by atoms with Gasteiger partial charge in [0.1, 0.15) is 17.3 Å². The lowest BCUT2D eigenvalue weighted by Gasteiger charge is -2.27. The van der Waals surface area contributed by atoms with Gasteiger partial charge in [-0.05, 0) is 24.0 Å². The molecule has 0 aromatic heterocycles. The first-order valence-electron chi connectivity index (χ1n) is 7.45. The third kappa shape index (κ3) is 5.19. The Bertz CT molecular complexity index is 546. The van der Waals surface area contributed by atoms with Crippen LogP contribution in [0.15, 0.2) is 18.2 Å². The molecule has 1 unspecified atom stereocenters. The summed E-state index contributed by atoms with van der Waals surface area (Å²) in [5, 5.41) is 2.87. The molecule has 1 aliphatic heterocycles. The number of anilines is 1. The van der Waals surface area contributed by atoms with Gasteiger partial charge in [-0.3, -0.25) is 4.79 Å². The molecule has 0 radical (unpaired) electrons. The molecule has 0 bridgehead atoms. The molecule has 1 aromatic carbocycles. The molecule has 1 heterocycles. The summed E-state index contributed by atoms with van der Waals surface area (Å²) in [6, 6.07) is 3.04. The van der Waals surface area contributed by atoms with Crippen molar-refractivity contribution in [1.82, 2.24) is 5.32 Å². The molecule has 8 heteroatoms. The van der Waals surface area contributed by atoms with Gasteiger partial charge in [-0.15, -0.1) is 24.8 Å². The van der Waals surface area contributed by atoms with Crippen LogP contribution in [-0.2, 0) is 4.79 Å². The summed E-state index contributed by atoms with van der Waals surface area (Å²) in [6.07, 6.45) is 0.635. The van der Waals surface area contributed by atoms with Crippen LogP contribution in [0.25, 0.3) is 0 Å². The van der Waals surface area contributed by atoms with E-state index in [0.717, 1.165) is 0 Å². The van der Waals surface area contributed by atoms with Crippen LogP contribution in [-0.4, -0.2) is 31.1 Å². The molecule has 0 spiro atoms. The van der Waals surface area contributed by atoms with Gasteiger partial charge in [-0.1, -0.05) is 26.8 Å². The highest BCUT2D eigenvalue weighted by atomic mass is 35.5. The van der Waals surface area contributed by atoms with E-state index >= 15 is 0 Å². The minimum absolute atomic E-state index is 0. The number of halogens is 4. The molecular weight excluding hydrogens is 359 g/mol. The molecule has 2 atom stereocenters. The maximum atomic E-state index is 13.8. The number of nitrogens with zero attached hydrogens (tertiary/aromatic N) is 1. The number of carbonyl (C=O) groups is 1. The monoisotopic (exact) mass is 383 g/mol. The van der Waals surface area contributed by atoms with Crippen molar-refractivity contribution in [2.45, 2.75) is 39.3 Å². The van der Waals surface area contributed by atoms with Crippen molar-refractivity contribution in [3.8, 4) is 0 Å². The van der Waals surface area contributed by atoms with E-state index in [1.807, 2.05) is 20.8 Å². The molecule has 1 aromatic rings. The van der Waals surface area contributed by atoms with Crippen LogP contribution in [0, 0.1) is 17.0 Å². The zero-order valence-electron chi connectivity index (χ0n) is 14.0. The second-order valence-electron chi connectivity index (χ2n) is 6.85. The zero-order valence-corrected chi connectivity index (χ0v) is 15.6. The summed E-state index contributed by atoms with van der Waals surface area (Å²) >= 11 is 0. The van der Waals surface area contributed by atoms with Crippen molar-refractivity contribution in [3.05, 3.63) is 29.8 Å². The first-order chi connectivity index (χ1) is 10.2. The normalized spacial score (nSPS) is 18.4. The summed E-state index contributed by atoms with van der Waals surface area (Å²) in [4.78, 5) is 13.7. The van der Waals surface area contributed by atoms with Crippen LogP contribution in [0.3, 0.4) is 0 Å². The number of nitrogens with two attached hydrogens (primary N) is 1. The van der Waals surface area contributed by atoms with Crippen molar-refractivity contribution in [3.63, 3.8) is 0 Å². The molecule has 1 saturated heterocycles. The lowest BCUT2D eigenvalue weighted by atomic mass is 9.87. The largest absolute Gasteiger partial charge is 0.365 e. The number of rotatable bonds is 3. The third-order valence-electron chi connectivity index (χ3n) is 4.00. The van der Waals surface area contributed by atoms with Crippen LogP contribution < -0.4 is 16.0 Å². The van der Waals surface area contributed by atoms with Crippen molar-refractivity contribution in [2.75, 3.05) is 18.0 Å². The van der Waals surface area contributed by atoms with Gasteiger partial charge in [0.15, 0.2) is 0 Å². The number of para-hydroxylation sites is 1. The summed E-state index contributed by atoms with van der Waals surface area (Å²) in [5.74, 6) is -1.40. The average Bonchev–Trinajstić information content (AvgIpc) is 2.84. The molecule has 24 heavy (non-hydrogen) atoms. The molecular formula is C16H25Cl2F2N3O. The fourth-order valence-electron chi connectivity index (χ4n) is 2.56. The molecule has 0 saturated carbocycles. The zero-order chi connectivity index (χ0) is 16.5. The Morgan fingerprint density at radius 2 is 1.83 bits per heavy atom. The highest BCUT2D eigenvalue weighted by Crippen LogP contribution is 2.27. The first-order valence-corrected chi connectivity index (χ1v) is 7.45. The Balaban J connectivity index is 0.00000264. The maximum absolute atomic E-state index is 13.8. The Kier molecular flexibility index (Phi) is 8.42. The van der Waals surface area contributed by atoms with Gasteiger partial charge in [0.25, 0.3) is 0 Å². The van der Waals surface area contributed by atoms with E-state index in [2.05, 4.69) is 5.32 Å². The van der Waals surface area contributed by atoms with Crippen molar-refractivity contribution in [1.29, 1.82) is 0 Å². The Morgan fingerprint density at radius 3 is 2.33 bits per heavy atom. The first kappa shape index (κ1) is 22.9. The molecule has 1 fully saturated rings. The van der Waals surface area contributed by atoms with Crippen LogP contribution in [0.5, 0.6) is 0 Å². The predicted octanol–water partition coefficient (Wildman–Crippen LogP) is 2.88. The van der Waals surface area contributed by atoms with Crippen molar-refractivity contribution < 1.29 is 13.6 Å². The highest BCUT2D eigenvalue weighted by Gasteiger charge is 2.32. The summed E-state index contributed by atoms with van der Waals surface area (Å²) < 4.78 is 27.6. The molecule has 2 rings (SSSR count). The number of amides is 1. The second kappa shape index (κ2) is 8.83. The summed E-state index contributed by atoms with van der Waals surface area (Å²) in [7, 11) is 0. The summed E-state index contributed by atoms with van der Waals surface area (Å²) in [5.41, 5.74) is 5.56. The number of benzene rings is 1. The number of carbonyl (C=O) groups excluding carboxylic acids is 1. The lowest BCUT2D eigenvalue weighted by molar-refractivity contribution is -0.125. The molecule has 138 valence electrons. The minimum Gasteiger partial charge on any atom is -0.365 e. The molecule has 4 nitrogen and oxygen atoms in total. The Labute approximate surface area is 154 Å². The Morgan fingerprint density at radius 1 is 1.29 bits per heavy atom. The van der Waals surface area contributed by atoms with Gasteiger partial charge in [-0.25, -0.2) is 8.78 Å². The third-order valence-corrected chi connectivity index (χ3v) is 4.00. The van der Waals surface area contributed by atoms with Gasteiger partial charge in [0.05, 0.1) is 6.04 Å². The van der Waals surface area contributed by atoms with Gasteiger partial charge in [0, 0.05) is 19.1 Å². The van der Waals surface area contributed by atoms with E-state index in [1.54, 1.807) is 4.90 Å². The fraction of sp³-hybridized carbons (Fsp3) is 0.562. The van der Waals surface area contributed by atoms with Gasteiger partial charge in [-0.2, -0.15) is 0 Å². The van der Waals surface area contributed by atoms with E-state index < -0.39 is 17.7 Å². The van der Waals surface area contributed by atoms with Crippen LogP contribution >= 0.6 is 24.8 Å². The van der Waals surface area contributed by atoms with E-state index in [-0.39, 0.29) is 47.9 Å². The quantitative estimate of drug-likeness (QED) is 0.843. The second-order valence-corrected chi connectivity index (χ2v) is 6.85. The topological polar surface area (TPSA) is 58.4 Å². The van der Waals surface area contributed by atoms with E-state index in [9.17, 15) is 13.6 Å². The SMILES string of the molecule is CC(C)(C)[C@H](N)C(=O)NC1CCN(c2c(F)cccc2F)C1.Cl.Cl. The number of hydrogen-bond donors (Lipinski definition) is 2. The van der Waals surface area contributed by atoms with Gasteiger partial charge in [0.2, 0.25) is 5.91 Å². The van der Waals surface area contributed by atoms with E-state index in [1.165, 1.54) is 18.2 Å². The average molecular weight is 384 g/mol. The fourth-order valence-corrected chi connectivity index (χ4v) is 2.56. The number of nitrogens with one attached hydrogen (secondary N) is 1. The van der Waals surface area contributed by atoms with Gasteiger partial charge < -0.3 is 16.0 Å². The van der Waals surface area contributed by atoms with Crippen LogP contribution in [0.2, 0.25) is 0 Å². The summed E-state index contributed by atoms with van der Waals surface area (Å²) in [6.45, 7) is 6.56. The van der Waals surface area contributed by atoms with Crippen LogP contribution in [0.4, 0.5) is 14.5 Å². The molecule has 3 N–H and O–H groups in total. The molecule has 1 amide bonds. The highest BCUT2D eigenvalue weighted by molar-refractivity contribution is 5.85. The lowest BCUT2D eigenvalue weighted by Crippen LogP contribution is -2.51. The van der Waals surface area contributed by atoms with Crippen molar-refractivity contribution >= 4 is 36.4 Å². The molecule has 1 aliphatic rings.